The molecule has 0 amide bonds. The minimum absolute atomic E-state index is 1.09. The van der Waals surface area contributed by atoms with Crippen LogP contribution in [0, 0.1) is 17.8 Å². The highest BCUT2D eigenvalue weighted by Gasteiger charge is 2.30. The zero-order chi connectivity index (χ0) is 8.39. The van der Waals surface area contributed by atoms with E-state index in [0.29, 0.717) is 0 Å². The van der Waals surface area contributed by atoms with Crippen LogP contribution in [0.3, 0.4) is 0 Å². The Morgan fingerprint density at radius 3 is 2.42 bits per heavy atom. The fraction of sp³-hybridized carbons (Fsp3) is 1.00. The van der Waals surface area contributed by atoms with Gasteiger partial charge in [0, 0.05) is 0 Å². The Labute approximate surface area is 76.7 Å². The highest BCUT2D eigenvalue weighted by molar-refractivity contribution is 4.82. The second-order valence-corrected chi connectivity index (χ2v) is 4.89. The summed E-state index contributed by atoms with van der Waals surface area (Å²) < 4.78 is 0. The van der Waals surface area contributed by atoms with Crippen molar-refractivity contribution >= 4 is 0 Å². The van der Waals surface area contributed by atoms with E-state index < -0.39 is 0 Å². The summed E-state index contributed by atoms with van der Waals surface area (Å²) in [4.78, 5) is 0. The van der Waals surface area contributed by atoms with Gasteiger partial charge in [0.25, 0.3) is 0 Å². The molecule has 2 aliphatic rings. The molecule has 0 nitrogen and oxygen atoms in total. The lowest BCUT2D eigenvalue weighted by Crippen LogP contribution is -2.27. The Kier molecular flexibility index (Phi) is 2.73. The lowest BCUT2D eigenvalue weighted by Gasteiger charge is -2.39. The van der Waals surface area contributed by atoms with Crippen LogP contribution in [0.5, 0.6) is 0 Å². The summed E-state index contributed by atoms with van der Waals surface area (Å²) in [6, 6.07) is 0. The number of hydrogen-bond acceptors (Lipinski definition) is 0. The quantitative estimate of drug-likeness (QED) is 0.552. The third-order valence-corrected chi connectivity index (χ3v) is 4.23. The lowest BCUT2D eigenvalue weighted by molar-refractivity contribution is 0.128. The molecule has 2 rings (SSSR count). The van der Waals surface area contributed by atoms with Crippen molar-refractivity contribution in [3.63, 3.8) is 0 Å². The lowest BCUT2D eigenvalue weighted by atomic mass is 9.67. The molecule has 12 heavy (non-hydrogen) atoms. The zero-order valence-corrected chi connectivity index (χ0v) is 8.39. The topological polar surface area (TPSA) is 0 Å². The van der Waals surface area contributed by atoms with Crippen LogP contribution in [0.2, 0.25) is 0 Å². The molecule has 0 aromatic heterocycles. The first-order chi connectivity index (χ1) is 5.90. The number of rotatable bonds is 1. The average Bonchev–Trinajstić information content (AvgIpc) is 2.17. The molecular formula is C12H22. The Hall–Kier alpha value is 0. The Morgan fingerprint density at radius 1 is 0.917 bits per heavy atom. The summed E-state index contributed by atoms with van der Waals surface area (Å²) in [5.74, 6) is 3.36. The molecule has 0 heterocycles. The molecule has 3 atom stereocenters. The van der Waals surface area contributed by atoms with Gasteiger partial charge in [0.05, 0.1) is 0 Å². The molecule has 70 valence electrons. The minimum Gasteiger partial charge on any atom is -0.0651 e. The van der Waals surface area contributed by atoms with E-state index in [0.717, 1.165) is 17.8 Å². The average molecular weight is 166 g/mol. The molecule has 0 saturated heterocycles. The van der Waals surface area contributed by atoms with Gasteiger partial charge in [0.2, 0.25) is 0 Å². The van der Waals surface area contributed by atoms with Gasteiger partial charge in [0.15, 0.2) is 0 Å². The van der Waals surface area contributed by atoms with Crippen molar-refractivity contribution in [1.29, 1.82) is 0 Å². The molecule has 2 saturated carbocycles. The van der Waals surface area contributed by atoms with Gasteiger partial charge in [-0.05, 0) is 30.6 Å². The predicted molar refractivity (Wildman–Crippen MR) is 53.1 cm³/mol. The van der Waals surface area contributed by atoms with E-state index in [1.165, 1.54) is 25.7 Å². The number of fused-ring (bicyclic) bond motifs is 1. The van der Waals surface area contributed by atoms with Crippen LogP contribution in [0.1, 0.15) is 58.3 Å². The summed E-state index contributed by atoms with van der Waals surface area (Å²) >= 11 is 0. The predicted octanol–water partition coefficient (Wildman–Crippen LogP) is 4.00. The summed E-state index contributed by atoms with van der Waals surface area (Å²) in [5.41, 5.74) is 0. The van der Waals surface area contributed by atoms with Gasteiger partial charge in [-0.2, -0.15) is 0 Å². The Morgan fingerprint density at radius 2 is 1.67 bits per heavy atom. The van der Waals surface area contributed by atoms with Gasteiger partial charge in [-0.15, -0.1) is 0 Å². The van der Waals surface area contributed by atoms with Crippen LogP contribution in [0.25, 0.3) is 0 Å². The second kappa shape index (κ2) is 3.81. The van der Waals surface area contributed by atoms with Gasteiger partial charge in [-0.1, -0.05) is 45.4 Å². The van der Waals surface area contributed by atoms with Crippen LogP contribution in [-0.4, -0.2) is 0 Å². The molecule has 0 spiro atoms. The molecule has 0 aromatic rings. The molecule has 0 aliphatic heterocycles. The first-order valence-electron chi connectivity index (χ1n) is 5.90. The minimum atomic E-state index is 1.09. The van der Waals surface area contributed by atoms with Crippen LogP contribution >= 0.6 is 0 Å². The first-order valence-corrected chi connectivity index (χ1v) is 5.90. The third kappa shape index (κ3) is 1.67. The van der Waals surface area contributed by atoms with Gasteiger partial charge >= 0.3 is 0 Å². The van der Waals surface area contributed by atoms with Crippen molar-refractivity contribution in [3.05, 3.63) is 0 Å². The molecule has 0 N–H and O–H groups in total. The van der Waals surface area contributed by atoms with Crippen LogP contribution in [-0.2, 0) is 0 Å². The van der Waals surface area contributed by atoms with Crippen molar-refractivity contribution in [2.75, 3.05) is 0 Å². The highest BCUT2D eigenvalue weighted by atomic mass is 14.4. The van der Waals surface area contributed by atoms with Gasteiger partial charge in [-0.25, -0.2) is 0 Å². The maximum atomic E-state index is 2.37. The van der Waals surface area contributed by atoms with E-state index >= 15 is 0 Å². The molecule has 0 bridgehead atoms. The van der Waals surface area contributed by atoms with Crippen molar-refractivity contribution in [2.24, 2.45) is 17.8 Å². The molecule has 0 aromatic carbocycles. The summed E-state index contributed by atoms with van der Waals surface area (Å²) in [7, 11) is 0. The van der Waals surface area contributed by atoms with Crippen molar-refractivity contribution < 1.29 is 0 Å². The molecule has 2 fully saturated rings. The Balaban J connectivity index is 1.90. The summed E-state index contributed by atoms with van der Waals surface area (Å²) in [6.07, 6.45) is 12.3. The van der Waals surface area contributed by atoms with Crippen LogP contribution < -0.4 is 0 Å². The Bertz CT molecular complexity index is 139. The maximum Gasteiger partial charge on any atom is -0.0383 e. The smallest absolute Gasteiger partial charge is 0.0383 e. The molecule has 2 aliphatic carbocycles. The van der Waals surface area contributed by atoms with E-state index in [1.54, 1.807) is 25.7 Å². The summed E-state index contributed by atoms with van der Waals surface area (Å²) in [6.45, 7) is 2.37. The van der Waals surface area contributed by atoms with E-state index in [-0.39, 0.29) is 0 Å². The molecular weight excluding hydrogens is 144 g/mol. The van der Waals surface area contributed by atoms with Crippen molar-refractivity contribution in [3.8, 4) is 0 Å². The van der Waals surface area contributed by atoms with E-state index in [2.05, 4.69) is 6.92 Å². The van der Waals surface area contributed by atoms with E-state index in [4.69, 9.17) is 0 Å². The fourth-order valence-corrected chi connectivity index (χ4v) is 3.34. The van der Waals surface area contributed by atoms with Gasteiger partial charge < -0.3 is 0 Å². The normalized spacial score (nSPS) is 42.2. The SMILES string of the molecule is CCC1CC[C@H]2CCCC[C@H]2C1. The summed E-state index contributed by atoms with van der Waals surface area (Å²) in [5, 5.41) is 0. The standard InChI is InChI=1S/C12H22/c1-2-10-7-8-11-5-3-4-6-12(11)9-10/h10-12H,2-9H2,1H3/t10?,11-,12+/m1/s1. The van der Waals surface area contributed by atoms with Crippen molar-refractivity contribution in [2.45, 2.75) is 58.3 Å². The monoisotopic (exact) mass is 166 g/mol. The van der Waals surface area contributed by atoms with E-state index in [9.17, 15) is 0 Å². The fourth-order valence-electron chi connectivity index (χ4n) is 3.34. The molecule has 1 unspecified atom stereocenters. The largest absolute Gasteiger partial charge is 0.0651 e. The van der Waals surface area contributed by atoms with E-state index in [1.807, 2.05) is 0 Å². The van der Waals surface area contributed by atoms with Crippen LogP contribution in [0.4, 0.5) is 0 Å². The van der Waals surface area contributed by atoms with Crippen molar-refractivity contribution in [1.82, 2.24) is 0 Å². The van der Waals surface area contributed by atoms with Gasteiger partial charge in [0.1, 0.15) is 0 Å². The third-order valence-electron chi connectivity index (χ3n) is 4.23. The second-order valence-electron chi connectivity index (χ2n) is 4.89. The number of hydrogen-bond donors (Lipinski definition) is 0. The van der Waals surface area contributed by atoms with Crippen LogP contribution in [0.15, 0.2) is 0 Å². The maximum absolute atomic E-state index is 2.37. The van der Waals surface area contributed by atoms with Gasteiger partial charge in [-0.3, -0.25) is 0 Å². The zero-order valence-electron chi connectivity index (χ0n) is 8.39. The molecule has 0 radical (unpaired) electrons. The molecule has 0 heteroatoms. The highest BCUT2D eigenvalue weighted by Crippen LogP contribution is 2.43. The first kappa shape index (κ1) is 8.59.